The molecule has 4 atom stereocenters. The molecule has 37 heavy (non-hydrogen) atoms. The molecule has 1 fully saturated rings. The van der Waals surface area contributed by atoms with Gasteiger partial charge < -0.3 is 4.74 Å². The van der Waals surface area contributed by atoms with Gasteiger partial charge in [-0.05, 0) is 27.8 Å². The van der Waals surface area contributed by atoms with E-state index < -0.39 is 17.1 Å². The van der Waals surface area contributed by atoms with Crippen LogP contribution in [0.15, 0.2) is 146 Å². The fraction of sp³-hybridized carbons (Fsp3) is 0.114. The maximum Gasteiger partial charge on any atom is 0.170 e. The first kappa shape index (κ1) is 22.0. The molecule has 0 aromatic heterocycles. The molecule has 0 unspecified atom stereocenters. The number of hydrogen-bond donors (Lipinski definition) is 0. The molecule has 2 heteroatoms. The van der Waals surface area contributed by atoms with E-state index in [1.807, 2.05) is 60.7 Å². The molecular formula is C35H26O2. The summed E-state index contributed by atoms with van der Waals surface area (Å²) >= 11 is 0. The third-order valence-electron chi connectivity index (χ3n) is 8.16. The third-order valence-corrected chi connectivity index (χ3v) is 8.16. The Balaban J connectivity index is 1.61. The lowest BCUT2D eigenvalue weighted by Gasteiger charge is -2.40. The molecule has 2 aliphatic rings. The second-order valence-corrected chi connectivity index (χ2v) is 9.95. The van der Waals surface area contributed by atoms with Crippen molar-refractivity contribution in [1.29, 1.82) is 0 Å². The Labute approximate surface area is 217 Å². The number of carbonyl (C=O) groups is 1. The number of fused-ring (bicyclic) bond motifs is 5. The van der Waals surface area contributed by atoms with Crippen molar-refractivity contribution in [2.45, 2.75) is 17.1 Å². The van der Waals surface area contributed by atoms with Gasteiger partial charge in [0.2, 0.25) is 0 Å². The molecule has 2 aliphatic heterocycles. The molecule has 0 radical (unpaired) electrons. The lowest BCUT2D eigenvalue weighted by Crippen LogP contribution is -2.43. The van der Waals surface area contributed by atoms with Gasteiger partial charge in [-0.25, -0.2) is 0 Å². The number of hydrogen-bond acceptors (Lipinski definition) is 2. The summed E-state index contributed by atoms with van der Waals surface area (Å²) in [5.74, 6) is -0.584. The fourth-order valence-electron chi connectivity index (χ4n) is 6.79. The Morgan fingerprint density at radius 3 is 1.51 bits per heavy atom. The first-order valence-corrected chi connectivity index (χ1v) is 12.8. The van der Waals surface area contributed by atoms with Crippen molar-refractivity contribution in [1.82, 2.24) is 0 Å². The maximum absolute atomic E-state index is 14.7. The topological polar surface area (TPSA) is 26.3 Å². The van der Waals surface area contributed by atoms with E-state index in [9.17, 15) is 4.79 Å². The van der Waals surface area contributed by atoms with Crippen molar-refractivity contribution < 1.29 is 9.53 Å². The highest BCUT2D eigenvalue weighted by atomic mass is 16.5. The molecule has 2 heterocycles. The number of benzene rings is 5. The zero-order valence-electron chi connectivity index (χ0n) is 20.3. The van der Waals surface area contributed by atoms with Gasteiger partial charge in [-0.1, -0.05) is 146 Å². The third kappa shape index (κ3) is 3.00. The van der Waals surface area contributed by atoms with Crippen molar-refractivity contribution in [2.24, 2.45) is 5.92 Å². The lowest BCUT2D eigenvalue weighted by atomic mass is 9.57. The first-order valence-electron chi connectivity index (χ1n) is 12.8. The van der Waals surface area contributed by atoms with Gasteiger partial charge >= 0.3 is 0 Å². The van der Waals surface area contributed by atoms with E-state index in [1.54, 1.807) is 0 Å². The van der Waals surface area contributed by atoms with Gasteiger partial charge in [-0.3, -0.25) is 4.79 Å². The Bertz CT molecular complexity index is 1560. The second kappa shape index (κ2) is 8.40. The van der Waals surface area contributed by atoms with Gasteiger partial charge in [0.05, 0.1) is 5.92 Å². The molecular weight excluding hydrogens is 452 g/mol. The van der Waals surface area contributed by atoms with Crippen LogP contribution in [0.3, 0.4) is 0 Å². The number of ether oxygens (including phenoxy) is 1. The van der Waals surface area contributed by atoms with Crippen LogP contribution < -0.4 is 0 Å². The minimum atomic E-state index is -0.929. The first-order chi connectivity index (χ1) is 18.3. The SMILES string of the molecule is O=C(c1ccccc1)[C@@H]1[C@@H](c2ccccc2)[C@]2(c3ccccc3)O[C@@]1(c1ccccc1)c1ccccc12. The largest absolute Gasteiger partial charge is 0.348 e. The van der Waals surface area contributed by atoms with Crippen LogP contribution in [0.4, 0.5) is 0 Å². The van der Waals surface area contributed by atoms with Crippen LogP contribution in [0.1, 0.15) is 44.1 Å². The number of ketones is 1. The van der Waals surface area contributed by atoms with Crippen molar-refractivity contribution in [2.75, 3.05) is 0 Å². The van der Waals surface area contributed by atoms with E-state index in [4.69, 9.17) is 4.74 Å². The van der Waals surface area contributed by atoms with Crippen LogP contribution in [0.2, 0.25) is 0 Å². The Morgan fingerprint density at radius 1 is 0.514 bits per heavy atom. The van der Waals surface area contributed by atoms with Crippen molar-refractivity contribution in [3.05, 3.63) is 179 Å². The molecule has 5 aromatic rings. The summed E-state index contributed by atoms with van der Waals surface area (Å²) in [6.07, 6.45) is 0. The van der Waals surface area contributed by atoms with Gasteiger partial charge in [0.25, 0.3) is 0 Å². The highest BCUT2D eigenvalue weighted by Gasteiger charge is 2.72. The van der Waals surface area contributed by atoms with Crippen molar-refractivity contribution in [3.8, 4) is 0 Å². The van der Waals surface area contributed by atoms with Gasteiger partial charge in [-0.15, -0.1) is 0 Å². The Kier molecular flexibility index (Phi) is 4.99. The van der Waals surface area contributed by atoms with Gasteiger partial charge in [-0.2, -0.15) is 0 Å². The molecule has 0 N–H and O–H groups in total. The lowest BCUT2D eigenvalue weighted by molar-refractivity contribution is -0.0508. The summed E-state index contributed by atoms with van der Waals surface area (Å²) in [6.45, 7) is 0. The highest BCUT2D eigenvalue weighted by Crippen LogP contribution is 2.71. The van der Waals surface area contributed by atoms with Crippen molar-refractivity contribution >= 4 is 5.78 Å². The summed E-state index contributed by atoms with van der Waals surface area (Å²) < 4.78 is 7.49. The molecule has 0 aliphatic carbocycles. The van der Waals surface area contributed by atoms with Gasteiger partial charge in [0.1, 0.15) is 11.2 Å². The predicted molar refractivity (Wildman–Crippen MR) is 145 cm³/mol. The summed E-state index contributed by atoms with van der Waals surface area (Å²) in [5, 5.41) is 0. The van der Waals surface area contributed by atoms with Crippen LogP contribution in [-0.2, 0) is 15.9 Å². The van der Waals surface area contributed by atoms with E-state index in [-0.39, 0.29) is 11.7 Å². The maximum atomic E-state index is 14.7. The average molecular weight is 479 g/mol. The normalized spacial score (nSPS) is 25.5. The van der Waals surface area contributed by atoms with Crippen molar-refractivity contribution in [3.63, 3.8) is 0 Å². The van der Waals surface area contributed by atoms with Crippen LogP contribution in [0, 0.1) is 5.92 Å². The molecule has 1 saturated heterocycles. The van der Waals surface area contributed by atoms with E-state index >= 15 is 0 Å². The average Bonchev–Trinajstić information content (AvgIpc) is 3.48. The quantitative estimate of drug-likeness (QED) is 0.245. The standard InChI is InChI=1S/C35H26O2/c36-33(26-17-7-2-8-18-26)32-31(25-15-5-1-6-16-25)34(27-19-9-3-10-20-27)29-23-13-14-24-30(29)35(32,37-34)28-21-11-4-12-22-28/h1-24,31-32H/t31-,32+,34-,35+/m1/s1. The molecule has 2 nitrogen and oxygen atoms in total. The van der Waals surface area contributed by atoms with Crippen LogP contribution in [0.25, 0.3) is 0 Å². The second-order valence-electron chi connectivity index (χ2n) is 9.95. The highest BCUT2D eigenvalue weighted by molar-refractivity contribution is 6.01. The minimum Gasteiger partial charge on any atom is -0.348 e. The monoisotopic (exact) mass is 478 g/mol. The molecule has 0 spiro atoms. The number of rotatable bonds is 5. The molecule has 0 saturated carbocycles. The van der Waals surface area contributed by atoms with Crippen LogP contribution in [-0.4, -0.2) is 5.78 Å². The zero-order valence-corrected chi connectivity index (χ0v) is 20.3. The minimum absolute atomic E-state index is 0.102. The Morgan fingerprint density at radius 2 is 0.946 bits per heavy atom. The van der Waals surface area contributed by atoms with Gasteiger partial charge in [0, 0.05) is 11.5 Å². The molecule has 2 bridgehead atoms. The molecule has 7 rings (SSSR count). The van der Waals surface area contributed by atoms with E-state index in [0.29, 0.717) is 5.56 Å². The molecule has 5 aromatic carbocycles. The van der Waals surface area contributed by atoms with Crippen LogP contribution >= 0.6 is 0 Å². The zero-order chi connectivity index (χ0) is 24.9. The summed E-state index contributed by atoms with van der Waals surface area (Å²) in [6, 6.07) is 49.4. The van der Waals surface area contributed by atoms with Gasteiger partial charge in [0.15, 0.2) is 5.78 Å². The molecule has 178 valence electrons. The van der Waals surface area contributed by atoms with E-state index in [1.165, 1.54) is 0 Å². The van der Waals surface area contributed by atoms with E-state index in [0.717, 1.165) is 27.8 Å². The van der Waals surface area contributed by atoms with E-state index in [2.05, 4.69) is 84.9 Å². The number of Topliss-reactive ketones (excluding diaryl/α,β-unsaturated/α-hetero) is 1. The summed E-state index contributed by atoms with van der Waals surface area (Å²) in [5.41, 5.74) is 4.35. The Hall–Kier alpha value is -4.27. The predicted octanol–water partition coefficient (Wildman–Crippen LogP) is 7.50. The summed E-state index contributed by atoms with van der Waals surface area (Å²) in [4.78, 5) is 14.7. The van der Waals surface area contributed by atoms with Crippen LogP contribution in [0.5, 0.6) is 0 Å². The molecule has 0 amide bonds. The smallest absolute Gasteiger partial charge is 0.170 e. The number of carbonyl (C=O) groups excluding carboxylic acids is 1. The summed E-state index contributed by atoms with van der Waals surface area (Å²) in [7, 11) is 0. The fourth-order valence-corrected chi connectivity index (χ4v) is 6.79.